The van der Waals surface area contributed by atoms with Crippen molar-refractivity contribution in [3.8, 4) is 0 Å². The zero-order chi connectivity index (χ0) is 23.5. The lowest BCUT2D eigenvalue weighted by Crippen LogP contribution is -2.41. The van der Waals surface area contributed by atoms with Gasteiger partial charge in [0.25, 0.3) is 10.0 Å². The van der Waals surface area contributed by atoms with E-state index in [2.05, 4.69) is 10.3 Å². The van der Waals surface area contributed by atoms with Crippen LogP contribution in [0.2, 0.25) is 0 Å². The molecule has 1 saturated heterocycles. The van der Waals surface area contributed by atoms with Crippen LogP contribution in [0.3, 0.4) is 0 Å². The van der Waals surface area contributed by atoms with Crippen LogP contribution in [0.25, 0.3) is 0 Å². The van der Waals surface area contributed by atoms with Gasteiger partial charge in [-0.2, -0.15) is 4.31 Å². The topological polar surface area (TPSA) is 114 Å². The molecule has 3 rings (SSSR count). The molecule has 0 bridgehead atoms. The minimum Gasteiger partial charge on any atom is -0.449 e. The van der Waals surface area contributed by atoms with Crippen LogP contribution < -0.4 is 10.2 Å². The number of sulfonamides is 1. The monoisotopic (exact) mass is 463 g/mol. The number of aromatic nitrogens is 2. The Labute approximate surface area is 188 Å². The number of nitrogens with zero attached hydrogens (tertiary/aromatic N) is 4. The predicted molar refractivity (Wildman–Crippen MR) is 120 cm³/mol. The maximum Gasteiger partial charge on any atom is 0.413 e. The fraction of sp³-hybridized carbons (Fsp3) is 0.476. The number of carbonyl (C=O) groups is 2. The zero-order valence-electron chi connectivity index (χ0n) is 18.7. The lowest BCUT2D eigenvalue weighted by molar-refractivity contribution is -0.120. The SMILES string of the molecule is CCOC(=O)N(C)c1ccc(NC(=O)C2CCN(S(=O)(=O)c3cn(C)c(C)n3)CC2)cc1. The molecule has 2 heterocycles. The fourth-order valence-electron chi connectivity index (χ4n) is 3.48. The van der Waals surface area contributed by atoms with Crippen molar-refractivity contribution in [1.29, 1.82) is 0 Å². The second kappa shape index (κ2) is 9.70. The Balaban J connectivity index is 1.56. The summed E-state index contributed by atoms with van der Waals surface area (Å²) in [5.41, 5.74) is 1.25. The van der Waals surface area contributed by atoms with E-state index in [-0.39, 0.29) is 29.9 Å². The Morgan fingerprint density at radius 2 is 1.84 bits per heavy atom. The van der Waals surface area contributed by atoms with Crippen molar-refractivity contribution in [3.05, 3.63) is 36.3 Å². The first-order chi connectivity index (χ1) is 15.1. The normalized spacial score (nSPS) is 15.4. The van der Waals surface area contributed by atoms with E-state index in [0.717, 1.165) is 0 Å². The lowest BCUT2D eigenvalue weighted by atomic mass is 9.97. The first-order valence-electron chi connectivity index (χ1n) is 10.4. The van der Waals surface area contributed by atoms with Crippen LogP contribution in [0.1, 0.15) is 25.6 Å². The largest absolute Gasteiger partial charge is 0.449 e. The zero-order valence-corrected chi connectivity index (χ0v) is 19.6. The lowest BCUT2D eigenvalue weighted by Gasteiger charge is -2.30. The Bertz CT molecular complexity index is 1050. The molecule has 1 aromatic carbocycles. The number of ether oxygens (including phenoxy) is 1. The summed E-state index contributed by atoms with van der Waals surface area (Å²) in [6, 6.07) is 6.87. The van der Waals surface area contributed by atoms with E-state index in [1.807, 2.05) is 0 Å². The average molecular weight is 464 g/mol. The molecule has 32 heavy (non-hydrogen) atoms. The van der Waals surface area contributed by atoms with E-state index in [4.69, 9.17) is 4.74 Å². The molecule has 2 amide bonds. The van der Waals surface area contributed by atoms with Gasteiger partial charge in [0.05, 0.1) is 6.61 Å². The third-order valence-corrected chi connectivity index (χ3v) is 7.35. The Kier molecular flexibility index (Phi) is 7.19. The smallest absolute Gasteiger partial charge is 0.413 e. The first kappa shape index (κ1) is 23.7. The summed E-state index contributed by atoms with van der Waals surface area (Å²) in [5.74, 6) is 0.188. The van der Waals surface area contributed by atoms with Crippen molar-refractivity contribution in [3.63, 3.8) is 0 Å². The third kappa shape index (κ3) is 5.10. The number of hydrogen-bond donors (Lipinski definition) is 1. The standard InChI is InChI=1S/C21H29N5O5S/c1-5-31-21(28)25(4)18-8-6-17(7-9-18)23-20(27)16-10-12-26(13-11-16)32(29,30)19-14-24(3)15(2)22-19/h6-9,14,16H,5,10-13H2,1-4H3,(H,23,27). The van der Waals surface area contributed by atoms with Gasteiger partial charge in [-0.1, -0.05) is 0 Å². The number of aryl methyl sites for hydroxylation is 2. The van der Waals surface area contributed by atoms with Crippen LogP contribution >= 0.6 is 0 Å². The highest BCUT2D eigenvalue weighted by molar-refractivity contribution is 7.89. The van der Waals surface area contributed by atoms with Crippen LogP contribution in [-0.2, 0) is 26.6 Å². The van der Waals surface area contributed by atoms with Gasteiger partial charge in [0, 0.05) is 50.7 Å². The molecular formula is C21H29N5O5S. The molecule has 0 unspecified atom stereocenters. The van der Waals surface area contributed by atoms with Gasteiger partial charge in [-0.3, -0.25) is 9.69 Å². The molecule has 1 N–H and O–H groups in total. The molecule has 1 aliphatic rings. The van der Waals surface area contributed by atoms with Crippen molar-refractivity contribution in [2.75, 3.05) is 37.0 Å². The molecule has 0 spiro atoms. The van der Waals surface area contributed by atoms with Gasteiger partial charge in [-0.25, -0.2) is 18.2 Å². The van der Waals surface area contributed by atoms with Crippen molar-refractivity contribution in [2.24, 2.45) is 13.0 Å². The maximum atomic E-state index is 12.8. The number of carbonyl (C=O) groups excluding carboxylic acids is 2. The highest BCUT2D eigenvalue weighted by atomic mass is 32.2. The van der Waals surface area contributed by atoms with Gasteiger partial charge in [-0.15, -0.1) is 0 Å². The maximum absolute atomic E-state index is 12.8. The highest BCUT2D eigenvalue weighted by Crippen LogP contribution is 2.25. The van der Waals surface area contributed by atoms with Crippen molar-refractivity contribution in [1.82, 2.24) is 13.9 Å². The van der Waals surface area contributed by atoms with Crippen LogP contribution in [-0.4, -0.2) is 61.0 Å². The van der Waals surface area contributed by atoms with Crippen molar-refractivity contribution < 1.29 is 22.7 Å². The molecular weight excluding hydrogens is 434 g/mol. The summed E-state index contributed by atoms with van der Waals surface area (Å²) in [6.07, 6.45) is 1.92. The number of anilines is 2. The molecule has 1 aliphatic heterocycles. The Hall–Kier alpha value is -2.92. The van der Waals surface area contributed by atoms with E-state index in [1.165, 1.54) is 15.4 Å². The van der Waals surface area contributed by atoms with E-state index in [0.29, 0.717) is 36.6 Å². The minimum atomic E-state index is -3.67. The van der Waals surface area contributed by atoms with Crippen LogP contribution in [0.5, 0.6) is 0 Å². The first-order valence-corrected chi connectivity index (χ1v) is 11.9. The summed E-state index contributed by atoms with van der Waals surface area (Å²) in [7, 11) is -0.309. The molecule has 0 saturated carbocycles. The predicted octanol–water partition coefficient (Wildman–Crippen LogP) is 2.36. The molecule has 0 atom stereocenters. The van der Waals surface area contributed by atoms with Gasteiger partial charge in [0.2, 0.25) is 5.91 Å². The van der Waals surface area contributed by atoms with Crippen molar-refractivity contribution in [2.45, 2.75) is 31.7 Å². The summed E-state index contributed by atoms with van der Waals surface area (Å²) in [6.45, 7) is 4.30. The number of rotatable bonds is 6. The number of benzene rings is 1. The minimum absolute atomic E-state index is 0.0354. The average Bonchev–Trinajstić information content (AvgIpc) is 3.13. The molecule has 174 valence electrons. The summed E-state index contributed by atoms with van der Waals surface area (Å²) in [5, 5.41) is 2.91. The van der Waals surface area contributed by atoms with Crippen LogP contribution in [0, 0.1) is 12.8 Å². The number of nitrogens with one attached hydrogen (secondary N) is 1. The molecule has 11 heteroatoms. The third-order valence-electron chi connectivity index (χ3n) is 5.58. The van der Waals surface area contributed by atoms with Crippen LogP contribution in [0.4, 0.5) is 16.2 Å². The quantitative estimate of drug-likeness (QED) is 0.704. The van der Waals surface area contributed by atoms with Gasteiger partial charge in [-0.05, 0) is 51.0 Å². The number of amides is 2. The second-order valence-electron chi connectivity index (χ2n) is 7.71. The van der Waals surface area contributed by atoms with Crippen molar-refractivity contribution >= 4 is 33.4 Å². The molecule has 1 aromatic heterocycles. The van der Waals surface area contributed by atoms with Gasteiger partial charge < -0.3 is 14.6 Å². The number of piperidine rings is 1. The molecule has 2 aromatic rings. The fourth-order valence-corrected chi connectivity index (χ4v) is 4.97. The van der Waals surface area contributed by atoms with Gasteiger partial charge in [0.15, 0.2) is 5.03 Å². The van der Waals surface area contributed by atoms with Gasteiger partial charge >= 0.3 is 6.09 Å². The Morgan fingerprint density at radius 1 is 1.22 bits per heavy atom. The molecule has 10 nitrogen and oxygen atoms in total. The van der Waals surface area contributed by atoms with Crippen LogP contribution in [0.15, 0.2) is 35.5 Å². The summed E-state index contributed by atoms with van der Waals surface area (Å²) < 4.78 is 33.6. The second-order valence-corrected chi connectivity index (χ2v) is 9.59. The van der Waals surface area contributed by atoms with E-state index >= 15 is 0 Å². The van der Waals surface area contributed by atoms with E-state index in [9.17, 15) is 18.0 Å². The molecule has 0 radical (unpaired) electrons. The Morgan fingerprint density at radius 3 is 2.38 bits per heavy atom. The molecule has 1 fully saturated rings. The number of imidazole rings is 1. The summed E-state index contributed by atoms with van der Waals surface area (Å²) >= 11 is 0. The van der Waals surface area contributed by atoms with E-state index in [1.54, 1.807) is 56.8 Å². The van der Waals surface area contributed by atoms with Gasteiger partial charge in [0.1, 0.15) is 5.82 Å². The van der Waals surface area contributed by atoms with E-state index < -0.39 is 16.1 Å². The molecule has 0 aliphatic carbocycles. The number of hydrogen-bond acceptors (Lipinski definition) is 6. The summed E-state index contributed by atoms with van der Waals surface area (Å²) in [4.78, 5) is 30.0. The highest BCUT2D eigenvalue weighted by Gasteiger charge is 2.33.